The second-order valence-corrected chi connectivity index (χ2v) is 10.8. The first kappa shape index (κ1) is 34.1. The Morgan fingerprint density at radius 2 is 1.17 bits per heavy atom. The van der Waals surface area contributed by atoms with Gasteiger partial charge in [-0.3, -0.25) is 9.59 Å². The Morgan fingerprint density at radius 1 is 0.714 bits per heavy atom. The third-order valence-corrected chi connectivity index (χ3v) is 6.36. The number of benzene rings is 4. The molecule has 4 aromatic carbocycles. The van der Waals surface area contributed by atoms with E-state index in [2.05, 4.69) is 40.2 Å². The molecular formula is C33H41ClN4O4. The molecule has 0 heterocycles. The largest absolute Gasteiger partial charge is 0.444 e. The molecule has 0 aromatic heterocycles. The highest BCUT2D eigenvalue weighted by Crippen LogP contribution is 2.18. The first-order valence-electron chi connectivity index (χ1n) is 13.6. The van der Waals surface area contributed by atoms with Crippen LogP contribution in [-0.4, -0.2) is 49.7 Å². The number of hydrogen-bond acceptors (Lipinski definition) is 5. The first-order chi connectivity index (χ1) is 19.5. The lowest BCUT2D eigenvalue weighted by molar-refractivity contribution is -0.123. The van der Waals surface area contributed by atoms with Crippen molar-refractivity contribution in [1.29, 1.82) is 0 Å². The highest BCUT2D eigenvalue weighted by atomic mass is 35.5. The summed E-state index contributed by atoms with van der Waals surface area (Å²) in [6.07, 6.45) is 0.353. The van der Waals surface area contributed by atoms with Crippen molar-refractivity contribution in [3.05, 3.63) is 96.1 Å². The Morgan fingerprint density at radius 3 is 1.62 bits per heavy atom. The summed E-state index contributed by atoms with van der Waals surface area (Å²) in [5.74, 6) is -0.382. The Kier molecular flexibility index (Phi) is 12.8. The standard InChI is InChI=1S/C19H24N2O3.C14H16N2O.ClH/c1-19(2,3)24-18(23)21-16(17(22)20-4)12-13-9-10-14-7-5-6-8-15(14)11-13;1-16-14(17)13(15)9-10-6-7-11-4-2-3-5-12(11)8-10;/h5-11,16H,12H2,1-4H3,(H,20,22)(H,21,23);2-8,13H,9,15H2,1H3,(H,16,17);1H/t16-;13-;/m00./s1. The van der Waals surface area contributed by atoms with Gasteiger partial charge in [-0.25, -0.2) is 4.79 Å². The average Bonchev–Trinajstić information content (AvgIpc) is 2.95. The lowest BCUT2D eigenvalue weighted by Crippen LogP contribution is -2.48. The molecule has 0 aliphatic heterocycles. The van der Waals surface area contributed by atoms with Gasteiger partial charge < -0.3 is 26.4 Å². The van der Waals surface area contributed by atoms with Crippen LogP contribution in [-0.2, 0) is 27.2 Å². The van der Waals surface area contributed by atoms with E-state index >= 15 is 0 Å². The molecule has 0 bridgehead atoms. The number of alkyl carbamates (subject to hydrolysis) is 1. The summed E-state index contributed by atoms with van der Waals surface area (Å²) in [5.41, 5.74) is 7.23. The van der Waals surface area contributed by atoms with Gasteiger partial charge in [0.25, 0.3) is 0 Å². The van der Waals surface area contributed by atoms with Crippen molar-refractivity contribution in [2.45, 2.75) is 51.3 Å². The van der Waals surface area contributed by atoms with Gasteiger partial charge in [0.1, 0.15) is 11.6 Å². The number of rotatable bonds is 7. The molecule has 0 fully saturated rings. The second-order valence-electron chi connectivity index (χ2n) is 10.8. The maximum atomic E-state index is 12.1. The Bertz CT molecular complexity index is 1500. The predicted octanol–water partition coefficient (Wildman–Crippen LogP) is 4.90. The van der Waals surface area contributed by atoms with Crippen LogP contribution in [0.4, 0.5) is 4.79 Å². The van der Waals surface area contributed by atoms with Crippen molar-refractivity contribution in [3.63, 3.8) is 0 Å². The van der Waals surface area contributed by atoms with Crippen LogP contribution in [0.3, 0.4) is 0 Å². The fraction of sp³-hybridized carbons (Fsp3) is 0.303. The molecule has 8 nitrogen and oxygen atoms in total. The molecule has 4 rings (SSSR count). The molecular weight excluding hydrogens is 552 g/mol. The summed E-state index contributed by atoms with van der Waals surface area (Å²) >= 11 is 0. The fourth-order valence-corrected chi connectivity index (χ4v) is 4.33. The topological polar surface area (TPSA) is 123 Å². The number of likely N-dealkylation sites (N-methyl/N-ethyl adjacent to an activating group) is 2. The van der Waals surface area contributed by atoms with Gasteiger partial charge in [-0.05, 0) is 59.9 Å². The molecule has 9 heteroatoms. The molecule has 0 aliphatic rings. The van der Waals surface area contributed by atoms with Gasteiger partial charge in [-0.2, -0.15) is 0 Å². The van der Waals surface area contributed by atoms with E-state index in [9.17, 15) is 14.4 Å². The van der Waals surface area contributed by atoms with Gasteiger partial charge in [-0.15, -0.1) is 12.4 Å². The summed E-state index contributed by atoms with van der Waals surface area (Å²) in [6, 6.07) is 27.2. The average molecular weight is 593 g/mol. The van der Waals surface area contributed by atoms with Gasteiger partial charge in [0.15, 0.2) is 0 Å². The molecule has 3 amide bonds. The van der Waals surface area contributed by atoms with Crippen molar-refractivity contribution < 1.29 is 19.1 Å². The van der Waals surface area contributed by atoms with Gasteiger partial charge in [0.2, 0.25) is 11.8 Å². The summed E-state index contributed by atoms with van der Waals surface area (Å²) in [5, 5.41) is 12.4. The molecule has 4 aromatic rings. The highest BCUT2D eigenvalue weighted by molar-refractivity contribution is 5.87. The van der Waals surface area contributed by atoms with E-state index in [0.29, 0.717) is 12.8 Å². The zero-order chi connectivity index (χ0) is 30.0. The number of fused-ring (bicyclic) bond motifs is 2. The number of nitrogens with one attached hydrogen (secondary N) is 3. The maximum Gasteiger partial charge on any atom is 0.408 e. The number of nitrogens with two attached hydrogens (primary N) is 1. The van der Waals surface area contributed by atoms with Gasteiger partial charge in [0, 0.05) is 20.5 Å². The van der Waals surface area contributed by atoms with Crippen LogP contribution in [0.5, 0.6) is 0 Å². The van der Waals surface area contributed by atoms with Crippen LogP contribution in [0.2, 0.25) is 0 Å². The van der Waals surface area contributed by atoms with Gasteiger partial charge >= 0.3 is 6.09 Å². The van der Waals surface area contributed by atoms with Crippen LogP contribution < -0.4 is 21.7 Å². The van der Waals surface area contributed by atoms with Crippen molar-refractivity contribution in [2.75, 3.05) is 14.1 Å². The zero-order valence-electron chi connectivity index (χ0n) is 24.8. The Balaban J connectivity index is 0.000000302. The SMILES string of the molecule is CNC(=O)[C@@H](N)Cc1ccc2ccccc2c1.CNC(=O)[C@H](Cc1ccc2ccccc2c1)NC(=O)OC(C)(C)C.Cl. The number of carbonyl (C=O) groups excluding carboxylic acids is 3. The predicted molar refractivity (Wildman–Crippen MR) is 172 cm³/mol. The molecule has 224 valence electrons. The van der Waals surface area contributed by atoms with Crippen LogP contribution >= 0.6 is 12.4 Å². The van der Waals surface area contributed by atoms with Crippen molar-refractivity contribution in [1.82, 2.24) is 16.0 Å². The molecule has 0 aliphatic carbocycles. The first-order valence-corrected chi connectivity index (χ1v) is 13.6. The highest BCUT2D eigenvalue weighted by Gasteiger charge is 2.24. The molecule has 0 spiro atoms. The minimum absolute atomic E-state index is 0. The lowest BCUT2D eigenvalue weighted by atomic mass is 10.0. The summed E-state index contributed by atoms with van der Waals surface area (Å²) in [6.45, 7) is 5.35. The number of halogens is 1. The summed E-state index contributed by atoms with van der Waals surface area (Å²) in [7, 11) is 3.15. The third-order valence-electron chi connectivity index (χ3n) is 6.36. The van der Waals surface area contributed by atoms with Crippen molar-refractivity contribution in [3.8, 4) is 0 Å². The number of ether oxygens (including phenoxy) is 1. The van der Waals surface area contributed by atoms with E-state index in [-0.39, 0.29) is 24.2 Å². The third kappa shape index (κ3) is 10.4. The molecule has 0 saturated carbocycles. The molecule has 42 heavy (non-hydrogen) atoms. The molecule has 2 atom stereocenters. The molecule has 5 N–H and O–H groups in total. The summed E-state index contributed by atoms with van der Waals surface area (Å²) < 4.78 is 5.24. The monoisotopic (exact) mass is 592 g/mol. The van der Waals surface area contributed by atoms with Crippen molar-refractivity contribution >= 4 is 51.9 Å². The van der Waals surface area contributed by atoms with Crippen LogP contribution in [0.15, 0.2) is 84.9 Å². The molecule has 0 unspecified atom stereocenters. The quantitative estimate of drug-likeness (QED) is 0.243. The van der Waals surface area contributed by atoms with E-state index in [0.717, 1.165) is 21.9 Å². The Hall–Kier alpha value is -4.14. The smallest absolute Gasteiger partial charge is 0.408 e. The Labute approximate surface area is 253 Å². The van der Waals surface area contributed by atoms with E-state index in [1.54, 1.807) is 34.9 Å². The number of amides is 3. The van der Waals surface area contributed by atoms with Crippen LogP contribution in [0.1, 0.15) is 31.9 Å². The normalized spacial score (nSPS) is 12.1. The molecule has 0 saturated heterocycles. The van der Waals surface area contributed by atoms with Gasteiger partial charge in [0.05, 0.1) is 6.04 Å². The summed E-state index contributed by atoms with van der Waals surface area (Å²) in [4.78, 5) is 35.4. The lowest BCUT2D eigenvalue weighted by Gasteiger charge is -2.23. The van der Waals surface area contributed by atoms with Crippen LogP contribution in [0, 0.1) is 0 Å². The van der Waals surface area contributed by atoms with E-state index in [1.807, 2.05) is 60.7 Å². The minimum atomic E-state index is -0.689. The zero-order valence-corrected chi connectivity index (χ0v) is 25.6. The van der Waals surface area contributed by atoms with Crippen molar-refractivity contribution in [2.24, 2.45) is 5.73 Å². The maximum absolute atomic E-state index is 12.1. The fourth-order valence-electron chi connectivity index (χ4n) is 4.33. The number of carbonyl (C=O) groups is 3. The number of hydrogen-bond donors (Lipinski definition) is 4. The van der Waals surface area contributed by atoms with E-state index < -0.39 is 23.8 Å². The molecule has 0 radical (unpaired) electrons. The van der Waals surface area contributed by atoms with Gasteiger partial charge in [-0.1, -0.05) is 84.9 Å². The van der Waals surface area contributed by atoms with E-state index in [1.165, 1.54) is 10.8 Å². The van der Waals surface area contributed by atoms with E-state index in [4.69, 9.17) is 10.5 Å². The minimum Gasteiger partial charge on any atom is -0.444 e. The van der Waals surface area contributed by atoms with Crippen LogP contribution in [0.25, 0.3) is 21.5 Å². The second kappa shape index (κ2) is 15.7.